The monoisotopic (exact) mass is 689 g/mol. The zero-order valence-electron chi connectivity index (χ0n) is 26.1. The first-order chi connectivity index (χ1) is 21.4. The van der Waals surface area contributed by atoms with Crippen molar-refractivity contribution in [2.75, 3.05) is 4.31 Å². The van der Waals surface area contributed by atoms with E-state index in [0.29, 0.717) is 17.7 Å². The molecular formula is C32H34F7N3O4S. The number of aliphatic hydroxyl groups is 1. The van der Waals surface area contributed by atoms with Crippen LogP contribution in [0.4, 0.5) is 36.4 Å². The molecule has 0 radical (unpaired) electrons. The lowest BCUT2D eigenvalue weighted by atomic mass is 9.86. The number of sulfonamides is 1. The van der Waals surface area contributed by atoms with Gasteiger partial charge in [0, 0.05) is 29.3 Å². The Balaban J connectivity index is 1.75. The molecule has 0 aliphatic carbocycles. The van der Waals surface area contributed by atoms with Gasteiger partial charge >= 0.3 is 12.4 Å². The molecule has 0 spiro atoms. The standard InChI is InChI=1S/C32H34F7N3O4S/c1-28(2,3)26-17-20(14-15-40-26)29(4,5)41-27(43)18-23-10-6-19-16-21(30(44,31(34,35)36)32(37,38)39)7-13-25(19)42(23)47(45,46)24-11-8-22(33)9-12-24/h7-9,11-17,23,44H,6,10,18H2,1-5H3,(H,41,43). The quantitative estimate of drug-likeness (QED) is 0.267. The van der Waals surface area contributed by atoms with Gasteiger partial charge in [0.05, 0.1) is 22.2 Å². The van der Waals surface area contributed by atoms with E-state index in [-0.39, 0.29) is 29.5 Å². The summed E-state index contributed by atoms with van der Waals surface area (Å²) in [6, 6.07) is 7.65. The predicted octanol–water partition coefficient (Wildman–Crippen LogP) is 6.78. The number of fused-ring (bicyclic) bond motifs is 1. The van der Waals surface area contributed by atoms with Gasteiger partial charge in [0.15, 0.2) is 0 Å². The third-order valence-corrected chi connectivity index (χ3v) is 10.0. The Morgan fingerprint density at radius 2 is 1.51 bits per heavy atom. The number of hydrogen-bond acceptors (Lipinski definition) is 5. The van der Waals surface area contributed by atoms with E-state index in [9.17, 15) is 49.1 Å². The largest absolute Gasteiger partial charge is 0.430 e. The first kappa shape index (κ1) is 36.1. The van der Waals surface area contributed by atoms with Crippen molar-refractivity contribution in [3.63, 3.8) is 0 Å². The van der Waals surface area contributed by atoms with Crippen molar-refractivity contribution >= 4 is 21.6 Å². The third-order valence-electron chi connectivity index (χ3n) is 8.13. The van der Waals surface area contributed by atoms with Crippen molar-refractivity contribution in [2.24, 2.45) is 0 Å². The molecule has 0 saturated heterocycles. The van der Waals surface area contributed by atoms with Gasteiger partial charge < -0.3 is 10.4 Å². The van der Waals surface area contributed by atoms with Crippen LogP contribution in [0.15, 0.2) is 65.7 Å². The molecule has 2 N–H and O–H groups in total. The fourth-order valence-electron chi connectivity index (χ4n) is 5.50. The molecule has 1 unspecified atom stereocenters. The van der Waals surface area contributed by atoms with Gasteiger partial charge in [-0.25, -0.2) is 12.8 Å². The number of hydrogen-bond donors (Lipinski definition) is 2. The van der Waals surface area contributed by atoms with Crippen LogP contribution in [0, 0.1) is 5.82 Å². The Labute approximate surface area is 267 Å². The minimum Gasteiger partial charge on any atom is -0.369 e. The van der Waals surface area contributed by atoms with Gasteiger partial charge in [0.25, 0.3) is 15.6 Å². The summed E-state index contributed by atoms with van der Waals surface area (Å²) in [6.07, 6.45) is -11.5. The molecule has 2 aromatic carbocycles. The lowest BCUT2D eigenvalue weighted by Gasteiger charge is -2.39. The van der Waals surface area contributed by atoms with E-state index in [1.807, 2.05) is 26.8 Å². The van der Waals surface area contributed by atoms with Crippen LogP contribution in [0.3, 0.4) is 0 Å². The normalized spacial score (nSPS) is 16.5. The number of carbonyl (C=O) groups is 1. The number of carbonyl (C=O) groups excluding carboxylic acids is 1. The summed E-state index contributed by atoms with van der Waals surface area (Å²) in [5.74, 6) is -1.34. The molecule has 1 amide bonds. The summed E-state index contributed by atoms with van der Waals surface area (Å²) in [5, 5.41) is 12.8. The number of nitrogens with one attached hydrogen (secondary N) is 1. The van der Waals surface area contributed by atoms with Crippen LogP contribution in [-0.2, 0) is 37.8 Å². The van der Waals surface area contributed by atoms with Crippen molar-refractivity contribution in [1.29, 1.82) is 0 Å². The molecule has 4 rings (SSSR count). The van der Waals surface area contributed by atoms with E-state index in [0.717, 1.165) is 40.3 Å². The summed E-state index contributed by atoms with van der Waals surface area (Å²) in [7, 11) is -4.64. The number of nitrogens with zero attached hydrogens (tertiary/aromatic N) is 2. The average Bonchev–Trinajstić information content (AvgIpc) is 2.94. The highest BCUT2D eigenvalue weighted by Gasteiger charge is 2.71. The van der Waals surface area contributed by atoms with Gasteiger partial charge in [-0.05, 0) is 80.3 Å². The minimum atomic E-state index is -6.15. The topological polar surface area (TPSA) is 99.6 Å². The summed E-state index contributed by atoms with van der Waals surface area (Å²) < 4.78 is 124. The number of halogens is 7. The Kier molecular flexibility index (Phi) is 9.27. The van der Waals surface area contributed by atoms with Gasteiger partial charge in [-0.15, -0.1) is 0 Å². The van der Waals surface area contributed by atoms with Gasteiger partial charge in [-0.3, -0.25) is 14.1 Å². The van der Waals surface area contributed by atoms with Gasteiger partial charge in [0.1, 0.15) is 5.82 Å². The van der Waals surface area contributed by atoms with E-state index in [1.54, 1.807) is 26.1 Å². The molecule has 1 atom stereocenters. The smallest absolute Gasteiger partial charge is 0.369 e. The summed E-state index contributed by atoms with van der Waals surface area (Å²) in [5.41, 5.74) is -7.05. The first-order valence-electron chi connectivity index (χ1n) is 14.5. The van der Waals surface area contributed by atoms with Crippen LogP contribution in [0.25, 0.3) is 0 Å². The fraction of sp³-hybridized carbons (Fsp3) is 0.438. The first-order valence-corrected chi connectivity index (χ1v) is 15.9. The zero-order chi connectivity index (χ0) is 35.4. The Bertz CT molecular complexity index is 1740. The average molecular weight is 690 g/mol. The number of alkyl halides is 6. The maximum atomic E-state index is 13.9. The van der Waals surface area contributed by atoms with Crippen LogP contribution in [0.1, 0.15) is 69.8 Å². The molecule has 0 saturated carbocycles. The van der Waals surface area contributed by atoms with Crippen LogP contribution < -0.4 is 9.62 Å². The molecule has 3 aromatic rings. The van der Waals surface area contributed by atoms with Crippen molar-refractivity contribution in [3.8, 4) is 0 Å². The molecule has 1 aliphatic heterocycles. The van der Waals surface area contributed by atoms with Gasteiger partial charge in [0.2, 0.25) is 5.91 Å². The van der Waals surface area contributed by atoms with Gasteiger partial charge in [-0.1, -0.05) is 32.9 Å². The van der Waals surface area contributed by atoms with E-state index in [1.165, 1.54) is 0 Å². The van der Waals surface area contributed by atoms with Crippen molar-refractivity contribution < 1.29 is 49.1 Å². The number of benzene rings is 2. The number of amides is 1. The second-order valence-corrected chi connectivity index (χ2v) is 14.9. The zero-order valence-corrected chi connectivity index (χ0v) is 26.9. The van der Waals surface area contributed by atoms with Crippen molar-refractivity contribution in [2.45, 2.75) is 93.7 Å². The van der Waals surface area contributed by atoms with Crippen LogP contribution in [-0.4, -0.2) is 42.8 Å². The lowest BCUT2D eigenvalue weighted by molar-refractivity contribution is -0.376. The SMILES string of the molecule is CC(C)(C)c1cc(C(C)(C)NC(=O)CC2CCc3cc(C(O)(C(F)(F)F)C(F)(F)F)ccc3N2S(=O)(=O)c2ccc(F)cc2)ccn1. The highest BCUT2D eigenvalue weighted by atomic mass is 32.2. The van der Waals surface area contributed by atoms with Crippen LogP contribution >= 0.6 is 0 Å². The number of anilines is 1. The highest BCUT2D eigenvalue weighted by molar-refractivity contribution is 7.92. The molecule has 7 nitrogen and oxygen atoms in total. The molecule has 1 aliphatic rings. The van der Waals surface area contributed by atoms with E-state index in [2.05, 4.69) is 10.3 Å². The predicted molar refractivity (Wildman–Crippen MR) is 159 cm³/mol. The van der Waals surface area contributed by atoms with E-state index >= 15 is 0 Å². The summed E-state index contributed by atoms with van der Waals surface area (Å²) in [6.45, 7) is 9.38. The molecule has 1 aromatic heterocycles. The van der Waals surface area contributed by atoms with Crippen molar-refractivity contribution in [1.82, 2.24) is 10.3 Å². The number of aromatic nitrogens is 1. The van der Waals surface area contributed by atoms with E-state index < -0.39 is 68.2 Å². The lowest BCUT2D eigenvalue weighted by Crippen LogP contribution is -2.54. The molecule has 2 heterocycles. The summed E-state index contributed by atoms with van der Waals surface area (Å²) in [4.78, 5) is 17.4. The molecule has 0 bridgehead atoms. The molecule has 15 heteroatoms. The summed E-state index contributed by atoms with van der Waals surface area (Å²) >= 11 is 0. The van der Waals surface area contributed by atoms with Crippen molar-refractivity contribution in [3.05, 3.63) is 89.0 Å². The second-order valence-electron chi connectivity index (χ2n) is 13.1. The number of aryl methyl sites for hydroxylation is 1. The molecule has 47 heavy (non-hydrogen) atoms. The Hall–Kier alpha value is -3.72. The highest BCUT2D eigenvalue weighted by Crippen LogP contribution is 2.51. The molecular weight excluding hydrogens is 655 g/mol. The minimum absolute atomic E-state index is 0.176. The van der Waals surface area contributed by atoms with Crippen LogP contribution in [0.2, 0.25) is 0 Å². The van der Waals surface area contributed by atoms with Crippen LogP contribution in [0.5, 0.6) is 0 Å². The fourth-order valence-corrected chi connectivity index (χ4v) is 7.21. The molecule has 0 fully saturated rings. The third kappa shape index (κ3) is 6.96. The number of pyridine rings is 1. The van der Waals surface area contributed by atoms with Gasteiger partial charge in [-0.2, -0.15) is 26.3 Å². The Morgan fingerprint density at radius 3 is 2.06 bits per heavy atom. The Morgan fingerprint density at radius 1 is 0.915 bits per heavy atom. The maximum absolute atomic E-state index is 13.9. The molecule has 256 valence electrons. The maximum Gasteiger partial charge on any atom is 0.430 e. The van der Waals surface area contributed by atoms with E-state index in [4.69, 9.17) is 0 Å². The number of rotatable bonds is 7. The second kappa shape index (κ2) is 12.1.